The first kappa shape index (κ1) is 17.1. The molecular formula is C15H17F3N4O. The summed E-state index contributed by atoms with van der Waals surface area (Å²) in [5, 5.41) is 11.9. The van der Waals surface area contributed by atoms with Crippen molar-refractivity contribution < 1.29 is 18.0 Å². The van der Waals surface area contributed by atoms with Crippen molar-refractivity contribution in [2.45, 2.75) is 31.6 Å². The summed E-state index contributed by atoms with van der Waals surface area (Å²) in [7, 11) is 0. The van der Waals surface area contributed by atoms with Crippen LogP contribution in [0.25, 0.3) is 0 Å². The van der Waals surface area contributed by atoms with E-state index in [4.69, 9.17) is 11.0 Å². The van der Waals surface area contributed by atoms with E-state index < -0.39 is 17.8 Å². The first-order valence-electron chi connectivity index (χ1n) is 7.14. The zero-order chi connectivity index (χ0) is 17.2. The molecule has 0 aliphatic carbocycles. The second-order valence-electron chi connectivity index (χ2n) is 5.57. The monoisotopic (exact) mass is 326 g/mol. The maximum absolute atomic E-state index is 12.7. The fourth-order valence-electron chi connectivity index (χ4n) is 2.51. The molecule has 1 aliphatic heterocycles. The molecule has 0 unspecified atom stereocenters. The lowest BCUT2D eigenvalue weighted by atomic mass is 10.1. The molecule has 0 aromatic heterocycles. The van der Waals surface area contributed by atoms with Crippen molar-refractivity contribution in [2.75, 3.05) is 18.0 Å². The summed E-state index contributed by atoms with van der Waals surface area (Å²) in [4.78, 5) is 13.4. The number of hydrogen-bond acceptors (Lipinski definition) is 4. The van der Waals surface area contributed by atoms with Crippen LogP contribution in [0.4, 0.5) is 18.9 Å². The molecule has 1 saturated heterocycles. The second kappa shape index (κ2) is 6.46. The van der Waals surface area contributed by atoms with Crippen molar-refractivity contribution in [3.8, 4) is 6.07 Å². The highest BCUT2D eigenvalue weighted by Crippen LogP contribution is 2.33. The predicted octanol–water partition coefficient (Wildman–Crippen LogP) is 1.62. The molecular weight excluding hydrogens is 309 g/mol. The zero-order valence-corrected chi connectivity index (χ0v) is 12.5. The van der Waals surface area contributed by atoms with Gasteiger partial charge in [-0.2, -0.15) is 18.4 Å². The summed E-state index contributed by atoms with van der Waals surface area (Å²) in [5.41, 5.74) is 5.05. The maximum atomic E-state index is 12.7. The molecule has 0 spiro atoms. The Kier molecular flexibility index (Phi) is 4.80. The molecule has 1 heterocycles. The van der Waals surface area contributed by atoms with Gasteiger partial charge < -0.3 is 16.0 Å². The maximum Gasteiger partial charge on any atom is 0.416 e. The molecule has 2 atom stereocenters. The number of carbonyl (C=O) groups is 1. The SMILES string of the molecule is C[C@H](N)C(=O)N[C@H]1CCN(c2ccc(C(F)(F)F)cc2C#N)C1. The van der Waals surface area contributed by atoms with E-state index >= 15 is 0 Å². The Morgan fingerprint density at radius 2 is 2.22 bits per heavy atom. The number of hydrogen-bond donors (Lipinski definition) is 2. The number of alkyl halides is 3. The minimum Gasteiger partial charge on any atom is -0.368 e. The van der Waals surface area contributed by atoms with Gasteiger partial charge in [-0.3, -0.25) is 4.79 Å². The van der Waals surface area contributed by atoms with Crippen LogP contribution in [0.1, 0.15) is 24.5 Å². The fraction of sp³-hybridized carbons (Fsp3) is 0.467. The number of nitrogens with one attached hydrogen (secondary N) is 1. The number of rotatable bonds is 3. The summed E-state index contributed by atoms with van der Waals surface area (Å²) >= 11 is 0. The Morgan fingerprint density at radius 3 is 2.78 bits per heavy atom. The molecule has 124 valence electrons. The van der Waals surface area contributed by atoms with Gasteiger partial charge in [0.25, 0.3) is 0 Å². The van der Waals surface area contributed by atoms with E-state index in [2.05, 4.69) is 5.32 Å². The Labute approximate surface area is 131 Å². The lowest BCUT2D eigenvalue weighted by Gasteiger charge is -2.21. The number of carbonyl (C=O) groups excluding carboxylic acids is 1. The Morgan fingerprint density at radius 1 is 1.52 bits per heavy atom. The molecule has 23 heavy (non-hydrogen) atoms. The predicted molar refractivity (Wildman–Crippen MR) is 78.6 cm³/mol. The molecule has 1 aromatic rings. The average molecular weight is 326 g/mol. The van der Waals surface area contributed by atoms with Crippen LogP contribution in [-0.4, -0.2) is 31.1 Å². The van der Waals surface area contributed by atoms with Crippen molar-refractivity contribution in [1.82, 2.24) is 5.32 Å². The van der Waals surface area contributed by atoms with Gasteiger partial charge in [0.2, 0.25) is 5.91 Å². The zero-order valence-electron chi connectivity index (χ0n) is 12.5. The Hall–Kier alpha value is -2.27. The summed E-state index contributed by atoms with van der Waals surface area (Å²) in [6, 6.07) is 4.17. The largest absolute Gasteiger partial charge is 0.416 e. The van der Waals surface area contributed by atoms with E-state index in [1.165, 1.54) is 6.07 Å². The van der Waals surface area contributed by atoms with Gasteiger partial charge in [-0.1, -0.05) is 0 Å². The molecule has 1 fully saturated rings. The minimum absolute atomic E-state index is 0.0287. The molecule has 1 aromatic carbocycles. The topological polar surface area (TPSA) is 82.2 Å². The molecule has 1 amide bonds. The molecule has 8 heteroatoms. The van der Waals surface area contributed by atoms with Gasteiger partial charge in [0.15, 0.2) is 0 Å². The molecule has 1 aliphatic rings. The third kappa shape index (κ3) is 3.93. The number of nitrogens with two attached hydrogens (primary N) is 1. The molecule has 5 nitrogen and oxygen atoms in total. The first-order chi connectivity index (χ1) is 10.7. The van der Waals surface area contributed by atoms with E-state index in [0.29, 0.717) is 25.2 Å². The highest BCUT2D eigenvalue weighted by atomic mass is 19.4. The first-order valence-corrected chi connectivity index (χ1v) is 7.14. The Balaban J connectivity index is 2.14. The number of benzene rings is 1. The number of nitrogens with zero attached hydrogens (tertiary/aromatic N) is 2. The number of amides is 1. The number of halogens is 3. The van der Waals surface area contributed by atoms with Gasteiger partial charge in [-0.05, 0) is 31.5 Å². The molecule has 0 saturated carbocycles. The molecule has 0 radical (unpaired) electrons. The van der Waals surface area contributed by atoms with E-state index in [-0.39, 0.29) is 17.5 Å². The quantitative estimate of drug-likeness (QED) is 0.884. The van der Waals surface area contributed by atoms with Gasteiger partial charge in [0, 0.05) is 19.1 Å². The van der Waals surface area contributed by atoms with Crippen molar-refractivity contribution >= 4 is 11.6 Å². The fourth-order valence-corrected chi connectivity index (χ4v) is 2.51. The van der Waals surface area contributed by atoms with Crippen LogP contribution in [0.5, 0.6) is 0 Å². The van der Waals surface area contributed by atoms with Crippen LogP contribution in [0.15, 0.2) is 18.2 Å². The third-order valence-corrected chi connectivity index (χ3v) is 3.73. The number of anilines is 1. The van der Waals surface area contributed by atoms with E-state index in [1.54, 1.807) is 11.8 Å². The minimum atomic E-state index is -4.48. The summed E-state index contributed by atoms with van der Waals surface area (Å²) in [5.74, 6) is -0.273. The Bertz CT molecular complexity index is 637. The van der Waals surface area contributed by atoms with Gasteiger partial charge >= 0.3 is 6.18 Å². The van der Waals surface area contributed by atoms with E-state index in [0.717, 1.165) is 12.1 Å². The molecule has 3 N–H and O–H groups in total. The highest BCUT2D eigenvalue weighted by molar-refractivity contribution is 5.81. The van der Waals surface area contributed by atoms with Crippen molar-refractivity contribution in [3.05, 3.63) is 29.3 Å². The standard InChI is InChI=1S/C15H17F3N4O/c1-9(20)14(23)21-12-4-5-22(8-12)13-3-2-11(15(16,17)18)6-10(13)7-19/h2-3,6,9,12H,4-5,8,20H2,1H3,(H,21,23)/t9-,12-/m0/s1. The third-order valence-electron chi connectivity index (χ3n) is 3.73. The van der Waals surface area contributed by atoms with Crippen molar-refractivity contribution in [2.24, 2.45) is 5.73 Å². The van der Waals surface area contributed by atoms with Crippen LogP contribution in [0.2, 0.25) is 0 Å². The van der Waals surface area contributed by atoms with Gasteiger partial charge in [-0.25, -0.2) is 0 Å². The van der Waals surface area contributed by atoms with Crippen LogP contribution in [0.3, 0.4) is 0 Å². The molecule has 0 bridgehead atoms. The van der Waals surface area contributed by atoms with Crippen LogP contribution in [0, 0.1) is 11.3 Å². The van der Waals surface area contributed by atoms with Crippen molar-refractivity contribution in [1.29, 1.82) is 5.26 Å². The highest BCUT2D eigenvalue weighted by Gasteiger charge is 2.32. The second-order valence-corrected chi connectivity index (χ2v) is 5.57. The number of nitriles is 1. The van der Waals surface area contributed by atoms with Crippen LogP contribution < -0.4 is 16.0 Å². The van der Waals surface area contributed by atoms with Gasteiger partial charge in [0.05, 0.1) is 22.9 Å². The van der Waals surface area contributed by atoms with Crippen molar-refractivity contribution in [3.63, 3.8) is 0 Å². The molecule has 2 rings (SSSR count). The van der Waals surface area contributed by atoms with Gasteiger partial charge in [0.1, 0.15) is 6.07 Å². The lowest BCUT2D eigenvalue weighted by Crippen LogP contribution is -2.45. The van der Waals surface area contributed by atoms with Gasteiger partial charge in [-0.15, -0.1) is 0 Å². The lowest BCUT2D eigenvalue weighted by molar-refractivity contribution is -0.137. The summed E-state index contributed by atoms with van der Waals surface area (Å²) in [6.45, 7) is 2.55. The van der Waals surface area contributed by atoms with E-state index in [1.807, 2.05) is 6.07 Å². The van der Waals surface area contributed by atoms with Crippen LogP contribution >= 0.6 is 0 Å². The normalized spacial score (nSPS) is 19.3. The smallest absolute Gasteiger partial charge is 0.368 e. The summed E-state index contributed by atoms with van der Waals surface area (Å²) in [6.07, 6.45) is -3.84. The van der Waals surface area contributed by atoms with Crippen LogP contribution in [-0.2, 0) is 11.0 Å². The van der Waals surface area contributed by atoms with E-state index in [9.17, 15) is 18.0 Å². The summed E-state index contributed by atoms with van der Waals surface area (Å²) < 4.78 is 38.1. The average Bonchev–Trinajstić information content (AvgIpc) is 2.93.